The zero-order valence-corrected chi connectivity index (χ0v) is 20.3. The molecule has 3 aliphatic rings. The largest absolute Gasteiger partial charge is 0.490 e. The number of hydrogen-bond acceptors (Lipinski definition) is 9. The Bertz CT molecular complexity index is 1210. The first-order chi connectivity index (χ1) is 17.1. The van der Waals surface area contributed by atoms with E-state index in [0.29, 0.717) is 38.0 Å². The molecule has 35 heavy (non-hydrogen) atoms. The molecule has 2 fully saturated rings. The van der Waals surface area contributed by atoms with Crippen molar-refractivity contribution in [3.05, 3.63) is 30.3 Å². The second kappa shape index (κ2) is 9.47. The third-order valence-corrected chi connectivity index (χ3v) is 6.58. The van der Waals surface area contributed by atoms with Crippen LogP contribution < -0.4 is 19.3 Å². The maximum atomic E-state index is 5.94. The van der Waals surface area contributed by atoms with Gasteiger partial charge in [-0.15, -0.1) is 0 Å². The van der Waals surface area contributed by atoms with Gasteiger partial charge in [-0.1, -0.05) is 0 Å². The zero-order chi connectivity index (χ0) is 23.8. The molecule has 9 heteroatoms. The van der Waals surface area contributed by atoms with Crippen LogP contribution in [0, 0.1) is 0 Å². The van der Waals surface area contributed by atoms with Gasteiger partial charge in [0.1, 0.15) is 5.82 Å². The van der Waals surface area contributed by atoms with Gasteiger partial charge in [0, 0.05) is 38.2 Å². The summed E-state index contributed by atoms with van der Waals surface area (Å²) in [7, 11) is 0. The van der Waals surface area contributed by atoms with Crippen LogP contribution in [0.5, 0.6) is 11.5 Å². The van der Waals surface area contributed by atoms with Crippen molar-refractivity contribution in [1.82, 2.24) is 15.0 Å². The molecule has 9 nitrogen and oxygen atoms in total. The lowest BCUT2D eigenvalue weighted by Gasteiger charge is -2.36. The van der Waals surface area contributed by atoms with Gasteiger partial charge in [-0.25, -0.2) is 4.98 Å². The van der Waals surface area contributed by atoms with Crippen molar-refractivity contribution in [2.24, 2.45) is 0 Å². The summed E-state index contributed by atoms with van der Waals surface area (Å²) >= 11 is 0. The highest BCUT2D eigenvalue weighted by Gasteiger charge is 2.27. The Balaban J connectivity index is 1.43. The molecule has 5 heterocycles. The molecular formula is C26H31N5O4. The number of anilines is 2. The fourth-order valence-electron chi connectivity index (χ4n) is 4.97. The Hall–Kier alpha value is -3.17. The fraction of sp³-hybridized carbons (Fsp3) is 0.500. The number of morpholine rings is 2. The quantitative estimate of drug-likeness (QED) is 0.564. The normalized spacial score (nSPS) is 22.8. The summed E-state index contributed by atoms with van der Waals surface area (Å²) in [5.41, 5.74) is 2.50. The number of fused-ring (bicyclic) bond motifs is 2. The third kappa shape index (κ3) is 4.58. The molecule has 0 N–H and O–H groups in total. The SMILES string of the molecule is CC1CN(c2nc(N3CCOCC3)c3ccc(-c4ccc5c(c4)OCCCO5)nc3n2)CC(C)O1. The van der Waals surface area contributed by atoms with Crippen molar-refractivity contribution in [3.63, 3.8) is 0 Å². The molecule has 3 aromatic rings. The van der Waals surface area contributed by atoms with Gasteiger partial charge in [0.05, 0.1) is 49.7 Å². The topological polar surface area (TPSA) is 82.1 Å². The second-order valence-electron chi connectivity index (χ2n) is 9.39. The van der Waals surface area contributed by atoms with Crippen molar-refractivity contribution >= 4 is 22.8 Å². The average Bonchev–Trinajstić information content (AvgIpc) is 3.12. The number of hydrogen-bond donors (Lipinski definition) is 0. The average molecular weight is 478 g/mol. The standard InChI is InChI=1S/C26H31N5O4/c1-17-15-31(16-18(2)35-17)26-28-24-20(25(29-26)30-8-12-32-13-9-30)5-6-21(27-24)19-4-7-22-23(14-19)34-11-3-10-33-22/h4-7,14,17-18H,3,8-13,15-16H2,1-2H3. The predicted molar refractivity (Wildman–Crippen MR) is 134 cm³/mol. The van der Waals surface area contributed by atoms with Crippen LogP contribution in [0.3, 0.4) is 0 Å². The third-order valence-electron chi connectivity index (χ3n) is 6.58. The summed E-state index contributed by atoms with van der Waals surface area (Å²) in [6, 6.07) is 10.1. The van der Waals surface area contributed by atoms with Crippen molar-refractivity contribution in [2.75, 3.05) is 62.4 Å². The van der Waals surface area contributed by atoms with E-state index in [1.165, 1.54) is 0 Å². The van der Waals surface area contributed by atoms with E-state index in [2.05, 4.69) is 29.7 Å². The van der Waals surface area contributed by atoms with Gasteiger partial charge in [0.2, 0.25) is 5.95 Å². The number of nitrogens with zero attached hydrogens (tertiary/aromatic N) is 5. The molecule has 2 saturated heterocycles. The van der Waals surface area contributed by atoms with Crippen molar-refractivity contribution in [3.8, 4) is 22.8 Å². The van der Waals surface area contributed by atoms with E-state index in [-0.39, 0.29) is 12.2 Å². The van der Waals surface area contributed by atoms with E-state index in [9.17, 15) is 0 Å². The fourth-order valence-corrected chi connectivity index (χ4v) is 4.97. The van der Waals surface area contributed by atoms with Crippen LogP contribution in [0.4, 0.5) is 11.8 Å². The molecule has 3 aliphatic heterocycles. The van der Waals surface area contributed by atoms with Gasteiger partial charge in [-0.3, -0.25) is 0 Å². The molecule has 2 unspecified atom stereocenters. The molecular weight excluding hydrogens is 446 g/mol. The monoisotopic (exact) mass is 477 g/mol. The van der Waals surface area contributed by atoms with Crippen LogP contribution in [-0.2, 0) is 9.47 Å². The van der Waals surface area contributed by atoms with Crippen molar-refractivity contribution in [2.45, 2.75) is 32.5 Å². The highest BCUT2D eigenvalue weighted by molar-refractivity contribution is 5.90. The van der Waals surface area contributed by atoms with Gasteiger partial charge >= 0.3 is 0 Å². The van der Waals surface area contributed by atoms with Gasteiger partial charge < -0.3 is 28.7 Å². The van der Waals surface area contributed by atoms with Crippen molar-refractivity contribution < 1.29 is 18.9 Å². The van der Waals surface area contributed by atoms with E-state index in [1.807, 2.05) is 24.3 Å². The summed E-state index contributed by atoms with van der Waals surface area (Å²) in [5, 5.41) is 0.947. The lowest BCUT2D eigenvalue weighted by atomic mass is 10.1. The Morgan fingerprint density at radius 2 is 1.57 bits per heavy atom. The second-order valence-corrected chi connectivity index (χ2v) is 9.39. The number of ether oxygens (including phenoxy) is 4. The predicted octanol–water partition coefficient (Wildman–Crippen LogP) is 3.30. The molecule has 184 valence electrons. The molecule has 0 aliphatic carbocycles. The molecule has 2 aromatic heterocycles. The smallest absolute Gasteiger partial charge is 0.229 e. The Labute approximate surface area is 205 Å². The van der Waals surface area contributed by atoms with Gasteiger partial charge in [-0.05, 0) is 44.2 Å². The Morgan fingerprint density at radius 3 is 2.37 bits per heavy atom. The maximum absolute atomic E-state index is 5.94. The molecule has 0 spiro atoms. The van der Waals surface area contributed by atoms with Gasteiger partial charge in [-0.2, -0.15) is 9.97 Å². The zero-order valence-electron chi connectivity index (χ0n) is 20.3. The van der Waals surface area contributed by atoms with Crippen LogP contribution in [0.2, 0.25) is 0 Å². The molecule has 6 rings (SSSR count). The summed E-state index contributed by atoms with van der Waals surface area (Å²) in [6.45, 7) is 9.97. The minimum absolute atomic E-state index is 0.117. The Morgan fingerprint density at radius 1 is 0.800 bits per heavy atom. The molecule has 2 atom stereocenters. The van der Waals surface area contributed by atoms with Gasteiger partial charge in [0.25, 0.3) is 0 Å². The first-order valence-electron chi connectivity index (χ1n) is 12.5. The maximum Gasteiger partial charge on any atom is 0.229 e. The lowest BCUT2D eigenvalue weighted by molar-refractivity contribution is -0.00570. The van der Waals surface area contributed by atoms with E-state index in [4.69, 9.17) is 33.9 Å². The Kier molecular flexibility index (Phi) is 6.03. The summed E-state index contributed by atoms with van der Waals surface area (Å²) < 4.78 is 23.2. The van der Waals surface area contributed by atoms with E-state index in [0.717, 1.165) is 66.6 Å². The highest BCUT2D eigenvalue weighted by atomic mass is 16.5. The van der Waals surface area contributed by atoms with Gasteiger partial charge in [0.15, 0.2) is 17.1 Å². The lowest BCUT2D eigenvalue weighted by Crippen LogP contribution is -2.46. The first-order valence-corrected chi connectivity index (χ1v) is 12.5. The summed E-state index contributed by atoms with van der Waals surface area (Å²) in [6.07, 6.45) is 1.11. The number of pyridine rings is 1. The van der Waals surface area contributed by atoms with Crippen molar-refractivity contribution in [1.29, 1.82) is 0 Å². The molecule has 0 radical (unpaired) electrons. The minimum atomic E-state index is 0.117. The van der Waals surface area contributed by atoms with Crippen LogP contribution in [0.1, 0.15) is 20.3 Å². The number of aromatic nitrogens is 3. The number of rotatable bonds is 3. The summed E-state index contributed by atoms with van der Waals surface area (Å²) in [5.74, 6) is 3.15. The van der Waals surface area contributed by atoms with Crippen LogP contribution in [0.15, 0.2) is 30.3 Å². The van der Waals surface area contributed by atoms with Crippen LogP contribution >= 0.6 is 0 Å². The van der Waals surface area contributed by atoms with E-state index in [1.54, 1.807) is 0 Å². The highest BCUT2D eigenvalue weighted by Crippen LogP contribution is 2.35. The van der Waals surface area contributed by atoms with Crippen LogP contribution in [0.25, 0.3) is 22.3 Å². The van der Waals surface area contributed by atoms with Crippen LogP contribution in [-0.4, -0.2) is 79.8 Å². The minimum Gasteiger partial charge on any atom is -0.490 e. The molecule has 0 amide bonds. The first kappa shape index (κ1) is 22.3. The van der Waals surface area contributed by atoms with E-state index < -0.39 is 0 Å². The molecule has 1 aromatic carbocycles. The molecule has 0 bridgehead atoms. The summed E-state index contributed by atoms with van der Waals surface area (Å²) in [4.78, 5) is 19.5. The van der Waals surface area contributed by atoms with E-state index >= 15 is 0 Å². The molecule has 0 saturated carbocycles. The number of benzene rings is 1.